The molecule has 2 heterocycles. The Morgan fingerprint density at radius 2 is 1.86 bits per heavy atom. The van der Waals surface area contributed by atoms with Crippen molar-refractivity contribution in [2.24, 2.45) is 11.7 Å². The van der Waals surface area contributed by atoms with Gasteiger partial charge >= 0.3 is 0 Å². The van der Waals surface area contributed by atoms with E-state index >= 15 is 0 Å². The molecule has 1 saturated carbocycles. The second-order valence-electron chi connectivity index (χ2n) is 7.19. The molecule has 1 aliphatic carbocycles. The maximum Gasteiger partial charge on any atom is 0.151 e. The van der Waals surface area contributed by atoms with Crippen LogP contribution in [0.1, 0.15) is 25.7 Å². The molecule has 0 atom stereocenters. The van der Waals surface area contributed by atoms with E-state index in [1.54, 1.807) is 18.6 Å². The molecule has 6 nitrogen and oxygen atoms in total. The number of para-hydroxylation sites is 1. The van der Waals surface area contributed by atoms with Gasteiger partial charge in [0.1, 0.15) is 12.0 Å². The van der Waals surface area contributed by atoms with E-state index in [1.807, 2.05) is 0 Å². The van der Waals surface area contributed by atoms with Gasteiger partial charge in [-0.05, 0) is 43.7 Å². The van der Waals surface area contributed by atoms with E-state index in [9.17, 15) is 8.78 Å². The van der Waals surface area contributed by atoms with E-state index in [0.717, 1.165) is 37.9 Å². The smallest absolute Gasteiger partial charge is 0.151 e. The summed E-state index contributed by atoms with van der Waals surface area (Å²) in [6.07, 6.45) is 10.5. The molecule has 146 valence electrons. The number of halogens is 2. The van der Waals surface area contributed by atoms with E-state index in [4.69, 9.17) is 5.73 Å². The number of hydrogen-bond donors (Lipinski definition) is 2. The van der Waals surface area contributed by atoms with Gasteiger partial charge in [0.25, 0.3) is 0 Å². The molecule has 0 saturated heterocycles. The summed E-state index contributed by atoms with van der Waals surface area (Å²) in [7, 11) is 0. The molecule has 4 rings (SSSR count). The highest BCUT2D eigenvalue weighted by Crippen LogP contribution is 2.28. The second-order valence-corrected chi connectivity index (χ2v) is 7.19. The Balaban J connectivity index is 1.55. The van der Waals surface area contributed by atoms with Crippen molar-refractivity contribution < 1.29 is 8.78 Å². The average Bonchev–Trinajstić information content (AvgIpc) is 3.17. The van der Waals surface area contributed by atoms with E-state index < -0.39 is 11.6 Å². The maximum absolute atomic E-state index is 14.0. The number of anilines is 1. The highest BCUT2D eigenvalue weighted by molar-refractivity contribution is 5.72. The number of nitrogens with two attached hydrogens (primary N) is 1. The molecule has 3 aromatic rings. The summed E-state index contributed by atoms with van der Waals surface area (Å²) in [6.45, 7) is 0.809. The number of nitrogens with one attached hydrogen (secondary N) is 1. The third-order valence-electron chi connectivity index (χ3n) is 5.21. The fourth-order valence-corrected chi connectivity index (χ4v) is 3.61. The van der Waals surface area contributed by atoms with Gasteiger partial charge in [-0.3, -0.25) is 0 Å². The van der Waals surface area contributed by atoms with Gasteiger partial charge in [0.2, 0.25) is 0 Å². The van der Waals surface area contributed by atoms with E-state index in [2.05, 4.69) is 20.4 Å². The number of rotatable bonds is 5. The fraction of sp³-hybridized carbons (Fsp3) is 0.350. The minimum atomic E-state index is -0.675. The van der Waals surface area contributed by atoms with Crippen LogP contribution in [0.3, 0.4) is 0 Å². The topological polar surface area (TPSA) is 81.7 Å². The first kappa shape index (κ1) is 18.5. The summed E-state index contributed by atoms with van der Waals surface area (Å²) in [6, 6.07) is 4.04. The maximum atomic E-state index is 14.0. The Morgan fingerprint density at radius 1 is 1.11 bits per heavy atom. The lowest BCUT2D eigenvalue weighted by molar-refractivity contribution is 0.339. The molecule has 0 radical (unpaired) electrons. The molecule has 0 spiro atoms. The lowest BCUT2D eigenvalue weighted by Gasteiger charge is -2.26. The number of hydrogen-bond acceptors (Lipinski definition) is 5. The monoisotopic (exact) mass is 384 g/mol. The molecule has 0 amide bonds. The fourth-order valence-electron chi connectivity index (χ4n) is 3.61. The first-order valence-electron chi connectivity index (χ1n) is 9.40. The zero-order chi connectivity index (χ0) is 19.5. The van der Waals surface area contributed by atoms with Crippen LogP contribution in [-0.4, -0.2) is 32.3 Å². The molecule has 3 N–H and O–H groups in total. The van der Waals surface area contributed by atoms with E-state index in [-0.39, 0.29) is 5.69 Å². The predicted molar refractivity (Wildman–Crippen MR) is 103 cm³/mol. The summed E-state index contributed by atoms with van der Waals surface area (Å²) in [5.41, 5.74) is 7.83. The SMILES string of the molecule is N[C@H]1CC[C@@H](CNc2cncnc2-c2cnn(-c3c(F)cccc3F)c2)CC1. The molecule has 2 aromatic heterocycles. The lowest BCUT2D eigenvalue weighted by Crippen LogP contribution is -2.29. The highest BCUT2D eigenvalue weighted by atomic mass is 19.1. The van der Waals surface area contributed by atoms with Crippen LogP contribution < -0.4 is 11.1 Å². The van der Waals surface area contributed by atoms with Crippen molar-refractivity contribution in [2.75, 3.05) is 11.9 Å². The number of aromatic nitrogens is 4. The van der Waals surface area contributed by atoms with Crippen LogP contribution >= 0.6 is 0 Å². The number of nitrogens with zero attached hydrogens (tertiary/aromatic N) is 4. The van der Waals surface area contributed by atoms with Gasteiger partial charge in [0.05, 0.1) is 23.8 Å². The zero-order valence-electron chi connectivity index (χ0n) is 15.4. The molecular formula is C20H22F2N6. The van der Waals surface area contributed by atoms with Crippen LogP contribution in [0.5, 0.6) is 0 Å². The third-order valence-corrected chi connectivity index (χ3v) is 5.21. The Morgan fingerprint density at radius 3 is 2.61 bits per heavy atom. The van der Waals surface area contributed by atoms with Crippen molar-refractivity contribution in [3.63, 3.8) is 0 Å². The summed E-state index contributed by atoms with van der Waals surface area (Å²) < 4.78 is 29.3. The molecule has 1 fully saturated rings. The van der Waals surface area contributed by atoms with Crippen molar-refractivity contribution in [1.29, 1.82) is 0 Å². The van der Waals surface area contributed by atoms with Crippen LogP contribution in [0.2, 0.25) is 0 Å². The summed E-state index contributed by atoms with van der Waals surface area (Å²) >= 11 is 0. The van der Waals surface area contributed by atoms with Crippen molar-refractivity contribution >= 4 is 5.69 Å². The van der Waals surface area contributed by atoms with Crippen LogP contribution in [0, 0.1) is 17.6 Å². The molecule has 28 heavy (non-hydrogen) atoms. The summed E-state index contributed by atoms with van der Waals surface area (Å²) in [4.78, 5) is 8.44. The Kier molecular flexibility index (Phi) is 5.29. The quantitative estimate of drug-likeness (QED) is 0.703. The Hall–Kier alpha value is -2.87. The summed E-state index contributed by atoms with van der Waals surface area (Å²) in [5, 5.41) is 7.54. The van der Waals surface area contributed by atoms with Gasteiger partial charge in [0, 0.05) is 24.3 Å². The van der Waals surface area contributed by atoms with Gasteiger partial charge in [-0.2, -0.15) is 5.10 Å². The van der Waals surface area contributed by atoms with E-state index in [1.165, 1.54) is 29.2 Å². The zero-order valence-corrected chi connectivity index (χ0v) is 15.4. The van der Waals surface area contributed by atoms with Crippen LogP contribution in [0.25, 0.3) is 16.9 Å². The third kappa shape index (κ3) is 3.87. The largest absolute Gasteiger partial charge is 0.382 e. The minimum Gasteiger partial charge on any atom is -0.382 e. The average molecular weight is 384 g/mol. The first-order chi connectivity index (χ1) is 13.6. The normalized spacial score (nSPS) is 19.5. The van der Waals surface area contributed by atoms with Gasteiger partial charge in [-0.25, -0.2) is 23.4 Å². The Labute approximate surface area is 161 Å². The molecule has 0 bridgehead atoms. The molecular weight excluding hydrogens is 362 g/mol. The summed E-state index contributed by atoms with van der Waals surface area (Å²) in [5.74, 6) is -0.791. The van der Waals surface area contributed by atoms with Crippen LogP contribution in [0.4, 0.5) is 14.5 Å². The van der Waals surface area contributed by atoms with Crippen LogP contribution in [0.15, 0.2) is 43.1 Å². The lowest BCUT2D eigenvalue weighted by atomic mass is 9.86. The predicted octanol–water partition coefficient (Wildman–Crippen LogP) is 3.54. The highest BCUT2D eigenvalue weighted by Gasteiger charge is 2.19. The molecule has 0 unspecified atom stereocenters. The van der Waals surface area contributed by atoms with Crippen molar-refractivity contribution in [2.45, 2.75) is 31.7 Å². The first-order valence-corrected chi connectivity index (χ1v) is 9.40. The van der Waals surface area contributed by atoms with Gasteiger partial charge in [-0.15, -0.1) is 0 Å². The molecule has 1 aliphatic rings. The molecule has 1 aromatic carbocycles. The Bertz CT molecular complexity index is 929. The van der Waals surface area contributed by atoms with Gasteiger partial charge in [-0.1, -0.05) is 6.07 Å². The molecule has 0 aliphatic heterocycles. The number of benzene rings is 1. The molecule has 8 heteroatoms. The van der Waals surface area contributed by atoms with E-state index in [0.29, 0.717) is 23.2 Å². The second kappa shape index (κ2) is 8.02. The minimum absolute atomic E-state index is 0.212. The van der Waals surface area contributed by atoms with Crippen LogP contribution in [-0.2, 0) is 0 Å². The van der Waals surface area contributed by atoms with Crippen molar-refractivity contribution in [3.05, 3.63) is 54.8 Å². The van der Waals surface area contributed by atoms with Crippen molar-refractivity contribution in [1.82, 2.24) is 19.7 Å². The van der Waals surface area contributed by atoms with Gasteiger partial charge < -0.3 is 11.1 Å². The van der Waals surface area contributed by atoms with Gasteiger partial charge in [0.15, 0.2) is 11.6 Å². The standard InChI is InChI=1S/C20H22F2N6/c21-16-2-1-3-17(22)20(16)28-11-14(9-27-28)19-18(10-24-12-26-19)25-8-13-4-6-15(23)7-5-13/h1-3,9-13,15,25H,4-8,23H2/t13-,15+. The van der Waals surface area contributed by atoms with Crippen molar-refractivity contribution in [3.8, 4) is 16.9 Å².